The van der Waals surface area contributed by atoms with E-state index < -0.39 is 0 Å². The highest BCUT2D eigenvalue weighted by Gasteiger charge is 2.42. The zero-order valence-corrected chi connectivity index (χ0v) is 19.6. The number of ether oxygens (including phenoxy) is 2. The predicted molar refractivity (Wildman–Crippen MR) is 124 cm³/mol. The Bertz CT molecular complexity index is 1110. The van der Waals surface area contributed by atoms with Crippen LogP contribution in [0.4, 0.5) is 15.3 Å². The van der Waals surface area contributed by atoms with Crippen molar-refractivity contribution in [1.29, 1.82) is 0 Å². The van der Waals surface area contributed by atoms with Crippen LogP contribution in [0.2, 0.25) is 0 Å². The van der Waals surface area contributed by atoms with Crippen LogP contribution in [-0.2, 0) is 11.3 Å². The van der Waals surface area contributed by atoms with Crippen molar-refractivity contribution in [3.05, 3.63) is 42.1 Å². The number of halogens is 1. The second-order valence-electron chi connectivity index (χ2n) is 9.09. The molecule has 0 unspecified atom stereocenters. The summed E-state index contributed by atoms with van der Waals surface area (Å²) in [5.41, 5.74) is 1.68. The minimum Gasteiger partial charge on any atom is -0.460 e. The molecule has 0 bridgehead atoms. The summed E-state index contributed by atoms with van der Waals surface area (Å²) >= 11 is 1.41. The largest absolute Gasteiger partial charge is 0.460 e. The lowest BCUT2D eigenvalue weighted by molar-refractivity contribution is -0.140. The average Bonchev–Trinajstić information content (AvgIpc) is 3.24. The van der Waals surface area contributed by atoms with Crippen molar-refractivity contribution in [3.8, 4) is 16.6 Å². The van der Waals surface area contributed by atoms with Gasteiger partial charge in [-0.25, -0.2) is 19.3 Å². The first-order valence-electron chi connectivity index (χ1n) is 11.1. The summed E-state index contributed by atoms with van der Waals surface area (Å²) in [5.74, 6) is 0.114. The van der Waals surface area contributed by atoms with Gasteiger partial charge in [0.15, 0.2) is 5.13 Å². The fourth-order valence-corrected chi connectivity index (χ4v) is 5.02. The van der Waals surface area contributed by atoms with Crippen LogP contribution in [-0.4, -0.2) is 58.2 Å². The van der Waals surface area contributed by atoms with Crippen molar-refractivity contribution < 1.29 is 13.9 Å². The minimum absolute atomic E-state index is 0.140. The second-order valence-corrected chi connectivity index (χ2v) is 10.1. The van der Waals surface area contributed by atoms with Crippen molar-refractivity contribution >= 4 is 22.3 Å². The molecule has 1 saturated heterocycles. The molecule has 0 amide bonds. The van der Waals surface area contributed by atoms with Gasteiger partial charge in [0.2, 0.25) is 0 Å². The van der Waals surface area contributed by atoms with Crippen LogP contribution in [0.25, 0.3) is 10.6 Å². The predicted octanol–water partition coefficient (Wildman–Crippen LogP) is 4.28. The maximum Gasteiger partial charge on any atom is 0.317 e. The second kappa shape index (κ2) is 9.28. The van der Waals surface area contributed by atoms with Gasteiger partial charge in [-0.05, 0) is 45.8 Å². The normalized spacial score (nSPS) is 17.8. The first kappa shape index (κ1) is 22.1. The van der Waals surface area contributed by atoms with Crippen molar-refractivity contribution in [3.63, 3.8) is 0 Å². The zero-order valence-electron chi connectivity index (χ0n) is 18.8. The number of rotatable bonds is 7. The smallest absolute Gasteiger partial charge is 0.317 e. The molecule has 1 aliphatic heterocycles. The van der Waals surface area contributed by atoms with Crippen molar-refractivity contribution in [2.75, 3.05) is 32.6 Å². The Kier molecular flexibility index (Phi) is 6.22. The molecular formula is C23H27FN6O2S. The van der Waals surface area contributed by atoms with Crippen LogP contribution in [0.5, 0.6) is 6.01 Å². The van der Waals surface area contributed by atoms with Gasteiger partial charge in [-0.1, -0.05) is 11.3 Å². The van der Waals surface area contributed by atoms with Gasteiger partial charge in [0, 0.05) is 42.2 Å². The molecule has 1 N–H and O–H groups in total. The van der Waals surface area contributed by atoms with E-state index in [2.05, 4.69) is 25.3 Å². The summed E-state index contributed by atoms with van der Waals surface area (Å²) in [7, 11) is 3.78. The summed E-state index contributed by atoms with van der Waals surface area (Å²) < 4.78 is 25.8. The summed E-state index contributed by atoms with van der Waals surface area (Å²) in [6, 6.07) is 3.61. The van der Waals surface area contributed by atoms with Crippen molar-refractivity contribution in [2.45, 2.75) is 38.3 Å². The molecule has 1 aliphatic carbocycles. The standard InChI is InChI=1S/C23H27FN6O2S/c1-30(2)12-15-10-26-20(9-17(15)24)29-22-27-11-19(33-22)18-5-8-25-21(28-18)32-16-3-6-23(7-4-16)13-31-14-23/h5,8-11,16H,3-4,6-7,12-14H2,1-2H3,(H,26,27,29). The Labute approximate surface area is 196 Å². The van der Waals surface area contributed by atoms with Crippen LogP contribution in [0.3, 0.4) is 0 Å². The summed E-state index contributed by atoms with van der Waals surface area (Å²) in [4.78, 5) is 20.3. The molecule has 1 saturated carbocycles. The Morgan fingerprint density at radius 2 is 2.03 bits per heavy atom. The highest BCUT2D eigenvalue weighted by Crippen LogP contribution is 2.43. The molecule has 5 rings (SSSR count). The molecule has 2 fully saturated rings. The Hall–Kier alpha value is -2.69. The highest BCUT2D eigenvalue weighted by molar-refractivity contribution is 7.18. The molecule has 33 heavy (non-hydrogen) atoms. The van der Waals surface area contributed by atoms with E-state index >= 15 is 0 Å². The number of nitrogens with zero attached hydrogens (tertiary/aromatic N) is 5. The van der Waals surface area contributed by atoms with E-state index in [4.69, 9.17) is 9.47 Å². The Morgan fingerprint density at radius 3 is 2.73 bits per heavy atom. The van der Waals surface area contributed by atoms with Gasteiger partial charge in [-0.3, -0.25) is 0 Å². The number of nitrogens with one attached hydrogen (secondary N) is 1. The number of thiazole rings is 1. The SMILES string of the molecule is CN(C)Cc1cnc(Nc2ncc(-c3ccnc(OC4CCC5(CC4)COC5)n3)s2)cc1F. The molecule has 8 nitrogen and oxygen atoms in total. The van der Waals surface area contributed by atoms with E-state index in [9.17, 15) is 4.39 Å². The van der Waals surface area contributed by atoms with Gasteiger partial charge in [-0.2, -0.15) is 4.98 Å². The first-order chi connectivity index (χ1) is 16.0. The molecule has 4 heterocycles. The third-order valence-corrected chi connectivity index (χ3v) is 7.06. The molecule has 3 aromatic heterocycles. The van der Waals surface area contributed by atoms with Gasteiger partial charge in [0.25, 0.3) is 0 Å². The fraction of sp³-hybridized carbons (Fsp3) is 0.478. The monoisotopic (exact) mass is 470 g/mol. The van der Waals surface area contributed by atoms with Crippen LogP contribution < -0.4 is 10.1 Å². The van der Waals surface area contributed by atoms with E-state index in [-0.39, 0.29) is 11.9 Å². The van der Waals surface area contributed by atoms with Gasteiger partial charge >= 0.3 is 6.01 Å². The van der Waals surface area contributed by atoms with Crippen LogP contribution >= 0.6 is 11.3 Å². The number of hydrogen-bond donors (Lipinski definition) is 1. The van der Waals surface area contributed by atoms with E-state index in [0.29, 0.717) is 34.5 Å². The number of pyridine rings is 1. The summed E-state index contributed by atoms with van der Waals surface area (Å²) in [5, 5.41) is 3.68. The molecule has 3 aromatic rings. The third kappa shape index (κ3) is 5.13. The molecule has 10 heteroatoms. The van der Waals surface area contributed by atoms with E-state index in [0.717, 1.165) is 49.5 Å². The molecule has 174 valence electrons. The van der Waals surface area contributed by atoms with E-state index in [1.807, 2.05) is 25.1 Å². The first-order valence-corrected chi connectivity index (χ1v) is 11.9. The lowest BCUT2D eigenvalue weighted by atomic mass is 9.72. The maximum atomic E-state index is 14.3. The van der Waals surface area contributed by atoms with Crippen LogP contribution in [0.15, 0.2) is 30.7 Å². The number of aromatic nitrogens is 4. The molecule has 0 aromatic carbocycles. The lowest BCUT2D eigenvalue weighted by Gasteiger charge is -2.45. The quantitative estimate of drug-likeness (QED) is 0.548. The van der Waals surface area contributed by atoms with E-state index in [1.165, 1.54) is 17.4 Å². The van der Waals surface area contributed by atoms with E-state index in [1.54, 1.807) is 18.6 Å². The molecule has 1 spiro atoms. The minimum atomic E-state index is -0.297. The molecule has 2 aliphatic rings. The summed E-state index contributed by atoms with van der Waals surface area (Å²) in [6.45, 7) is 2.26. The van der Waals surface area contributed by atoms with Gasteiger partial charge in [-0.15, -0.1) is 0 Å². The van der Waals surface area contributed by atoms with Crippen LogP contribution in [0.1, 0.15) is 31.2 Å². The van der Waals surface area contributed by atoms with Gasteiger partial charge < -0.3 is 19.7 Å². The fourth-order valence-electron chi connectivity index (χ4n) is 4.23. The molecule has 0 atom stereocenters. The maximum absolute atomic E-state index is 14.3. The highest BCUT2D eigenvalue weighted by atomic mass is 32.1. The Morgan fingerprint density at radius 1 is 1.21 bits per heavy atom. The number of hydrogen-bond acceptors (Lipinski definition) is 9. The number of anilines is 2. The van der Waals surface area contributed by atoms with Gasteiger partial charge in [0.05, 0.1) is 23.8 Å². The lowest BCUT2D eigenvalue weighted by Crippen LogP contribution is -2.46. The topological polar surface area (TPSA) is 85.3 Å². The van der Waals surface area contributed by atoms with Crippen LogP contribution in [0, 0.1) is 11.2 Å². The summed E-state index contributed by atoms with van der Waals surface area (Å²) in [6.07, 6.45) is 9.39. The molecule has 0 radical (unpaired) electrons. The third-order valence-electron chi connectivity index (χ3n) is 6.12. The average molecular weight is 471 g/mol. The van der Waals surface area contributed by atoms with Gasteiger partial charge in [0.1, 0.15) is 17.7 Å². The van der Waals surface area contributed by atoms with Crippen molar-refractivity contribution in [1.82, 2.24) is 24.8 Å². The zero-order chi connectivity index (χ0) is 22.8. The van der Waals surface area contributed by atoms with Crippen molar-refractivity contribution in [2.24, 2.45) is 5.41 Å². The Balaban J connectivity index is 1.22. The molecular weight excluding hydrogens is 443 g/mol.